The molecular formula is C21H19ClF2N2. The lowest BCUT2D eigenvalue weighted by atomic mass is 9.94. The Morgan fingerprint density at radius 3 is 2.08 bits per heavy atom. The molecule has 3 aromatic rings. The van der Waals surface area contributed by atoms with Crippen molar-refractivity contribution < 1.29 is 8.78 Å². The summed E-state index contributed by atoms with van der Waals surface area (Å²) in [6.07, 6.45) is 0. The summed E-state index contributed by atoms with van der Waals surface area (Å²) in [4.78, 5) is 0. The molecule has 0 radical (unpaired) electrons. The highest BCUT2D eigenvalue weighted by molar-refractivity contribution is 6.22. The van der Waals surface area contributed by atoms with Crippen LogP contribution in [0.5, 0.6) is 0 Å². The smallest absolute Gasteiger partial charge is 0.348 e. The average Bonchev–Trinajstić information content (AvgIpc) is 2.63. The summed E-state index contributed by atoms with van der Waals surface area (Å²) in [5.74, 6) is 0. The number of alkyl halides is 3. The summed E-state index contributed by atoms with van der Waals surface area (Å²) < 4.78 is 27.8. The molecule has 0 aromatic heterocycles. The molecule has 3 aromatic carbocycles. The predicted octanol–water partition coefficient (Wildman–Crippen LogP) is 5.51. The first-order valence-corrected chi connectivity index (χ1v) is 8.63. The van der Waals surface area contributed by atoms with Gasteiger partial charge in [0, 0.05) is 29.9 Å². The number of nitrogen functional groups attached to an aromatic ring is 1. The monoisotopic (exact) mass is 372 g/mol. The Morgan fingerprint density at radius 1 is 0.846 bits per heavy atom. The first-order chi connectivity index (χ1) is 12.5. The topological polar surface area (TPSA) is 38.0 Å². The lowest BCUT2D eigenvalue weighted by Crippen LogP contribution is -2.16. The number of anilines is 1. The summed E-state index contributed by atoms with van der Waals surface area (Å²) in [6.45, 7) is 1.13. The Labute approximate surface area is 156 Å². The molecule has 0 fully saturated rings. The maximum atomic E-state index is 13.9. The molecule has 0 bridgehead atoms. The zero-order valence-corrected chi connectivity index (χ0v) is 14.8. The lowest BCUT2D eigenvalue weighted by molar-refractivity contribution is 0.0958. The van der Waals surface area contributed by atoms with Crippen LogP contribution in [0.15, 0.2) is 72.8 Å². The number of hydrogen-bond donors (Lipinski definition) is 2. The van der Waals surface area contributed by atoms with Crippen molar-refractivity contribution in [3.05, 3.63) is 89.5 Å². The van der Waals surface area contributed by atoms with Gasteiger partial charge in [0.25, 0.3) is 0 Å². The summed E-state index contributed by atoms with van der Waals surface area (Å²) in [5.41, 5.74) is 9.08. The van der Waals surface area contributed by atoms with Crippen LogP contribution in [0.25, 0.3) is 11.1 Å². The lowest BCUT2D eigenvalue weighted by Gasteiger charge is -2.19. The summed E-state index contributed by atoms with van der Waals surface area (Å²) >= 11 is 5.32. The Bertz CT molecular complexity index is 862. The van der Waals surface area contributed by atoms with Gasteiger partial charge in [-0.15, -0.1) is 0 Å². The molecule has 0 unspecified atom stereocenters. The van der Waals surface area contributed by atoms with Crippen LogP contribution in [-0.2, 0) is 18.5 Å². The van der Waals surface area contributed by atoms with Crippen molar-refractivity contribution in [2.75, 3.05) is 5.73 Å². The molecule has 0 heterocycles. The Balaban J connectivity index is 1.90. The number of halogens is 3. The van der Waals surface area contributed by atoms with Crippen LogP contribution in [0, 0.1) is 0 Å². The Hall–Kier alpha value is -2.43. The molecule has 2 nitrogen and oxygen atoms in total. The van der Waals surface area contributed by atoms with E-state index in [1.165, 1.54) is 6.07 Å². The zero-order chi connectivity index (χ0) is 18.6. The quantitative estimate of drug-likeness (QED) is 0.442. The molecule has 134 valence electrons. The van der Waals surface area contributed by atoms with Crippen molar-refractivity contribution in [1.82, 2.24) is 5.32 Å². The van der Waals surface area contributed by atoms with Gasteiger partial charge < -0.3 is 11.1 Å². The molecule has 0 spiro atoms. The fourth-order valence-electron chi connectivity index (χ4n) is 2.91. The van der Waals surface area contributed by atoms with Crippen molar-refractivity contribution in [3.63, 3.8) is 0 Å². The molecule has 26 heavy (non-hydrogen) atoms. The average molecular weight is 373 g/mol. The number of benzene rings is 3. The van der Waals surface area contributed by atoms with E-state index in [0.717, 1.165) is 11.1 Å². The van der Waals surface area contributed by atoms with E-state index in [0.29, 0.717) is 24.3 Å². The molecule has 0 amide bonds. The van der Waals surface area contributed by atoms with Crippen molar-refractivity contribution in [2.45, 2.75) is 18.5 Å². The Morgan fingerprint density at radius 2 is 1.46 bits per heavy atom. The van der Waals surface area contributed by atoms with E-state index in [1.807, 2.05) is 36.4 Å². The van der Waals surface area contributed by atoms with E-state index < -0.39 is 5.38 Å². The minimum Gasteiger partial charge on any atom is -0.398 e. The summed E-state index contributed by atoms with van der Waals surface area (Å²) in [5, 5.41) is -0.196. The van der Waals surface area contributed by atoms with Crippen LogP contribution in [0.1, 0.15) is 16.7 Å². The van der Waals surface area contributed by atoms with Crippen molar-refractivity contribution in [2.24, 2.45) is 0 Å². The van der Waals surface area contributed by atoms with Gasteiger partial charge in [-0.05, 0) is 28.3 Å². The van der Waals surface area contributed by atoms with E-state index in [4.69, 9.17) is 17.3 Å². The third kappa shape index (κ3) is 4.21. The number of nitrogens with two attached hydrogens (primary N) is 1. The highest BCUT2D eigenvalue weighted by atomic mass is 35.5. The van der Waals surface area contributed by atoms with Crippen molar-refractivity contribution in [3.8, 4) is 11.1 Å². The van der Waals surface area contributed by atoms with Crippen molar-refractivity contribution in [1.29, 1.82) is 0 Å². The third-order valence-electron chi connectivity index (χ3n) is 4.19. The van der Waals surface area contributed by atoms with E-state index in [2.05, 4.69) is 5.32 Å². The summed E-state index contributed by atoms with van der Waals surface area (Å²) in [6, 6.07) is 21.8. The van der Waals surface area contributed by atoms with Crippen LogP contribution in [0.4, 0.5) is 14.5 Å². The maximum absolute atomic E-state index is 13.9. The number of nitrogens with one attached hydrogen (secondary N) is 1. The first-order valence-electron chi connectivity index (χ1n) is 8.25. The van der Waals surface area contributed by atoms with Crippen LogP contribution >= 0.6 is 11.6 Å². The molecule has 0 saturated heterocycles. The van der Waals surface area contributed by atoms with E-state index >= 15 is 0 Å². The van der Waals surface area contributed by atoms with E-state index in [-0.39, 0.29) is 11.1 Å². The maximum Gasteiger partial charge on any atom is 0.348 e. The van der Waals surface area contributed by atoms with Crippen LogP contribution in [0.3, 0.4) is 0 Å². The molecule has 0 aliphatic rings. The van der Waals surface area contributed by atoms with Gasteiger partial charge in [-0.3, -0.25) is 0 Å². The van der Waals surface area contributed by atoms with Crippen molar-refractivity contribution >= 4 is 17.3 Å². The van der Waals surface area contributed by atoms with Crippen LogP contribution in [-0.4, -0.2) is 0 Å². The first kappa shape index (κ1) is 18.4. The van der Waals surface area contributed by atoms with Gasteiger partial charge in [0.15, 0.2) is 0 Å². The minimum absolute atomic E-state index is 0.282. The van der Waals surface area contributed by atoms with Gasteiger partial charge in [0.1, 0.15) is 0 Å². The standard InChI is InChI=1S/C21H19ClF2N2/c22-21(23,24)18-12-11-17(14-26-13-15-7-3-1-4-8-15)20(25)19(18)16-9-5-2-6-10-16/h1-12,26H,13-14,25H2. The highest BCUT2D eigenvalue weighted by Crippen LogP contribution is 2.42. The Kier molecular flexibility index (Phi) is 5.55. The van der Waals surface area contributed by atoms with Gasteiger partial charge >= 0.3 is 5.38 Å². The van der Waals surface area contributed by atoms with Gasteiger partial charge in [0.05, 0.1) is 0 Å². The van der Waals surface area contributed by atoms with Crippen LogP contribution < -0.4 is 11.1 Å². The largest absolute Gasteiger partial charge is 0.398 e. The molecule has 0 aliphatic heterocycles. The molecule has 3 rings (SSSR count). The highest BCUT2D eigenvalue weighted by Gasteiger charge is 2.32. The fraction of sp³-hybridized carbons (Fsp3) is 0.143. The SMILES string of the molecule is Nc1c(CNCc2ccccc2)ccc(C(F)(F)Cl)c1-c1ccccc1. The second-order valence-electron chi connectivity index (χ2n) is 6.01. The molecular weight excluding hydrogens is 354 g/mol. The van der Waals surface area contributed by atoms with E-state index in [9.17, 15) is 8.78 Å². The number of hydrogen-bond acceptors (Lipinski definition) is 2. The third-order valence-corrected chi connectivity index (χ3v) is 4.39. The normalized spacial score (nSPS) is 11.5. The molecule has 5 heteroatoms. The summed E-state index contributed by atoms with van der Waals surface area (Å²) in [7, 11) is 0. The van der Waals surface area contributed by atoms with E-state index in [1.54, 1.807) is 30.3 Å². The van der Waals surface area contributed by atoms with Gasteiger partial charge in [-0.25, -0.2) is 0 Å². The molecule has 0 saturated carbocycles. The second kappa shape index (κ2) is 7.85. The van der Waals surface area contributed by atoms with Gasteiger partial charge in [0.2, 0.25) is 0 Å². The number of rotatable bonds is 6. The second-order valence-corrected chi connectivity index (χ2v) is 6.49. The minimum atomic E-state index is -3.49. The molecule has 0 atom stereocenters. The molecule has 0 aliphatic carbocycles. The van der Waals surface area contributed by atoms with Gasteiger partial charge in [-0.1, -0.05) is 72.8 Å². The fourth-order valence-corrected chi connectivity index (χ4v) is 3.06. The van der Waals surface area contributed by atoms with Gasteiger partial charge in [-0.2, -0.15) is 8.78 Å². The predicted molar refractivity (Wildman–Crippen MR) is 103 cm³/mol. The zero-order valence-electron chi connectivity index (χ0n) is 14.1. The van der Waals surface area contributed by atoms with Crippen LogP contribution in [0.2, 0.25) is 0 Å². The molecule has 3 N–H and O–H groups in total.